The molecule has 0 aliphatic carbocycles. The maximum absolute atomic E-state index is 12.2. The molecular formula is C21H21ClN4O. The Balaban J connectivity index is 1.48. The molecule has 1 amide bonds. The first-order valence-corrected chi connectivity index (χ1v) is 9.12. The van der Waals surface area contributed by atoms with Crippen molar-refractivity contribution in [2.45, 2.75) is 19.9 Å². The van der Waals surface area contributed by atoms with Gasteiger partial charge in [-0.3, -0.25) is 4.79 Å². The Kier molecular flexibility index (Phi) is 6.39. The second kappa shape index (κ2) is 9.14. The summed E-state index contributed by atoms with van der Waals surface area (Å²) in [5, 5.41) is 6.75. The van der Waals surface area contributed by atoms with Gasteiger partial charge in [0, 0.05) is 30.5 Å². The van der Waals surface area contributed by atoms with Crippen molar-refractivity contribution in [3.05, 3.63) is 88.2 Å². The van der Waals surface area contributed by atoms with E-state index in [1.807, 2.05) is 55.5 Å². The van der Waals surface area contributed by atoms with Crippen LogP contribution in [0.5, 0.6) is 0 Å². The minimum atomic E-state index is -0.193. The molecule has 1 aromatic heterocycles. The van der Waals surface area contributed by atoms with Crippen molar-refractivity contribution in [1.82, 2.24) is 15.3 Å². The summed E-state index contributed by atoms with van der Waals surface area (Å²) in [6.45, 7) is 3.18. The number of amides is 1. The summed E-state index contributed by atoms with van der Waals surface area (Å²) in [5.74, 6) is 0.300. The van der Waals surface area contributed by atoms with Gasteiger partial charge in [0.2, 0.25) is 5.95 Å². The van der Waals surface area contributed by atoms with E-state index in [2.05, 4.69) is 20.6 Å². The number of aryl methyl sites for hydroxylation is 1. The zero-order valence-corrected chi connectivity index (χ0v) is 15.8. The topological polar surface area (TPSA) is 66.9 Å². The van der Waals surface area contributed by atoms with Crippen LogP contribution in [0.3, 0.4) is 0 Å². The summed E-state index contributed by atoms with van der Waals surface area (Å²) < 4.78 is 0. The fourth-order valence-electron chi connectivity index (χ4n) is 2.65. The molecule has 0 unspecified atom stereocenters. The number of nitrogens with zero attached hydrogens (tertiary/aromatic N) is 2. The lowest BCUT2D eigenvalue weighted by Crippen LogP contribution is -2.23. The molecule has 27 heavy (non-hydrogen) atoms. The zero-order chi connectivity index (χ0) is 19.1. The Hall–Kier alpha value is -2.92. The van der Waals surface area contributed by atoms with Crippen LogP contribution in [0, 0.1) is 6.92 Å². The molecule has 0 atom stereocenters. The fourth-order valence-corrected chi connectivity index (χ4v) is 2.87. The molecule has 0 saturated heterocycles. The minimum absolute atomic E-state index is 0.193. The van der Waals surface area contributed by atoms with Gasteiger partial charge in [0.25, 0.3) is 5.91 Å². The van der Waals surface area contributed by atoms with Gasteiger partial charge in [-0.25, -0.2) is 9.97 Å². The SMILES string of the molecule is Cc1cccc(CNC(=O)c2cnc(NCCc3cccc(Cl)c3)nc2)c1. The number of hydrogen-bond acceptors (Lipinski definition) is 4. The van der Waals surface area contributed by atoms with Crippen LogP contribution in [0.15, 0.2) is 60.9 Å². The van der Waals surface area contributed by atoms with E-state index in [0.717, 1.165) is 22.6 Å². The van der Waals surface area contributed by atoms with Crippen molar-refractivity contribution < 1.29 is 4.79 Å². The van der Waals surface area contributed by atoms with Crippen molar-refractivity contribution in [3.8, 4) is 0 Å². The number of benzene rings is 2. The zero-order valence-electron chi connectivity index (χ0n) is 15.1. The number of hydrogen-bond donors (Lipinski definition) is 2. The molecule has 1 heterocycles. The van der Waals surface area contributed by atoms with Crippen LogP contribution in [0.4, 0.5) is 5.95 Å². The maximum atomic E-state index is 12.2. The molecule has 0 bridgehead atoms. The maximum Gasteiger partial charge on any atom is 0.254 e. The molecule has 0 fully saturated rings. The van der Waals surface area contributed by atoms with Gasteiger partial charge in [0.15, 0.2) is 0 Å². The Morgan fingerprint density at radius 3 is 2.52 bits per heavy atom. The van der Waals surface area contributed by atoms with Crippen LogP contribution in [0.25, 0.3) is 0 Å². The normalized spacial score (nSPS) is 10.4. The molecule has 2 aromatic carbocycles. The van der Waals surface area contributed by atoms with Crippen LogP contribution in [0.2, 0.25) is 5.02 Å². The van der Waals surface area contributed by atoms with Crippen molar-refractivity contribution in [1.29, 1.82) is 0 Å². The fraction of sp³-hybridized carbons (Fsp3) is 0.190. The number of halogens is 1. The van der Waals surface area contributed by atoms with Crippen LogP contribution < -0.4 is 10.6 Å². The molecule has 0 aliphatic rings. The number of rotatable bonds is 7. The number of anilines is 1. The molecule has 0 saturated carbocycles. The highest BCUT2D eigenvalue weighted by Crippen LogP contribution is 2.11. The van der Waals surface area contributed by atoms with E-state index in [9.17, 15) is 4.79 Å². The number of aromatic nitrogens is 2. The lowest BCUT2D eigenvalue weighted by atomic mass is 10.1. The third kappa shape index (κ3) is 5.79. The summed E-state index contributed by atoms with van der Waals surface area (Å²) in [4.78, 5) is 20.6. The highest BCUT2D eigenvalue weighted by molar-refractivity contribution is 6.30. The van der Waals surface area contributed by atoms with E-state index in [1.54, 1.807) is 0 Å². The van der Waals surface area contributed by atoms with Gasteiger partial charge in [0.05, 0.1) is 5.56 Å². The van der Waals surface area contributed by atoms with Gasteiger partial charge in [-0.2, -0.15) is 0 Å². The highest BCUT2D eigenvalue weighted by atomic mass is 35.5. The summed E-state index contributed by atoms with van der Waals surface area (Å²) in [6.07, 6.45) is 3.86. The average molecular weight is 381 g/mol. The number of carbonyl (C=O) groups excluding carboxylic acids is 1. The molecule has 3 aromatic rings. The number of nitrogens with one attached hydrogen (secondary N) is 2. The van der Waals surface area contributed by atoms with Gasteiger partial charge in [-0.15, -0.1) is 0 Å². The molecule has 0 radical (unpaired) electrons. The molecule has 6 heteroatoms. The van der Waals surface area contributed by atoms with Crippen molar-refractivity contribution in [2.75, 3.05) is 11.9 Å². The van der Waals surface area contributed by atoms with E-state index in [0.29, 0.717) is 24.6 Å². The molecule has 5 nitrogen and oxygen atoms in total. The molecule has 0 spiro atoms. The standard InChI is InChI=1S/C21H21ClN4O/c1-15-4-2-6-17(10-15)12-24-20(27)18-13-25-21(26-14-18)23-9-8-16-5-3-7-19(22)11-16/h2-7,10-11,13-14H,8-9,12H2,1H3,(H,24,27)(H,23,25,26). The second-order valence-corrected chi connectivity index (χ2v) is 6.71. The van der Waals surface area contributed by atoms with Crippen molar-refractivity contribution in [2.24, 2.45) is 0 Å². The van der Waals surface area contributed by atoms with Gasteiger partial charge < -0.3 is 10.6 Å². The minimum Gasteiger partial charge on any atom is -0.354 e. The highest BCUT2D eigenvalue weighted by Gasteiger charge is 2.07. The summed E-state index contributed by atoms with van der Waals surface area (Å²) in [6, 6.07) is 15.8. The summed E-state index contributed by atoms with van der Waals surface area (Å²) in [7, 11) is 0. The van der Waals surface area contributed by atoms with Crippen LogP contribution >= 0.6 is 11.6 Å². The molecule has 0 aliphatic heterocycles. The average Bonchev–Trinajstić information content (AvgIpc) is 2.67. The summed E-state index contributed by atoms with van der Waals surface area (Å²) in [5.41, 5.74) is 3.80. The quantitative estimate of drug-likeness (QED) is 0.649. The number of carbonyl (C=O) groups is 1. The largest absolute Gasteiger partial charge is 0.354 e. The smallest absolute Gasteiger partial charge is 0.254 e. The third-order valence-corrected chi connectivity index (χ3v) is 4.27. The van der Waals surface area contributed by atoms with Gasteiger partial charge in [-0.1, -0.05) is 53.6 Å². The van der Waals surface area contributed by atoms with Gasteiger partial charge in [-0.05, 0) is 36.6 Å². The summed E-state index contributed by atoms with van der Waals surface area (Å²) >= 11 is 5.98. The molecular weight excluding hydrogens is 360 g/mol. The third-order valence-electron chi connectivity index (χ3n) is 4.04. The Bertz CT molecular complexity index is 912. The first kappa shape index (κ1) is 18.9. The van der Waals surface area contributed by atoms with Gasteiger partial charge in [0.1, 0.15) is 0 Å². The van der Waals surface area contributed by atoms with Crippen molar-refractivity contribution in [3.63, 3.8) is 0 Å². The first-order valence-electron chi connectivity index (χ1n) is 8.74. The van der Waals surface area contributed by atoms with Gasteiger partial charge >= 0.3 is 0 Å². The van der Waals surface area contributed by atoms with E-state index in [1.165, 1.54) is 18.0 Å². The van der Waals surface area contributed by atoms with E-state index in [4.69, 9.17) is 11.6 Å². The molecule has 3 rings (SSSR count). The Morgan fingerprint density at radius 2 is 1.78 bits per heavy atom. The van der Waals surface area contributed by atoms with Crippen molar-refractivity contribution >= 4 is 23.5 Å². The van der Waals surface area contributed by atoms with E-state index in [-0.39, 0.29) is 5.91 Å². The first-order chi connectivity index (χ1) is 13.1. The van der Waals surface area contributed by atoms with Crippen LogP contribution in [-0.2, 0) is 13.0 Å². The second-order valence-electron chi connectivity index (χ2n) is 6.27. The van der Waals surface area contributed by atoms with Crippen LogP contribution in [-0.4, -0.2) is 22.4 Å². The monoisotopic (exact) mass is 380 g/mol. The molecule has 138 valence electrons. The predicted molar refractivity (Wildman–Crippen MR) is 108 cm³/mol. The van der Waals surface area contributed by atoms with E-state index >= 15 is 0 Å². The molecule has 2 N–H and O–H groups in total. The predicted octanol–water partition coefficient (Wildman–Crippen LogP) is 4.02. The van der Waals surface area contributed by atoms with E-state index < -0.39 is 0 Å². The Morgan fingerprint density at radius 1 is 1.04 bits per heavy atom. The Labute approximate surface area is 163 Å². The lowest BCUT2D eigenvalue weighted by Gasteiger charge is -2.07. The lowest BCUT2D eigenvalue weighted by molar-refractivity contribution is 0.0950. The van der Waals surface area contributed by atoms with Crippen LogP contribution in [0.1, 0.15) is 27.0 Å².